The fourth-order valence-electron chi connectivity index (χ4n) is 2.82. The van der Waals surface area contributed by atoms with Crippen molar-refractivity contribution in [3.63, 3.8) is 0 Å². The molecule has 2 aromatic carbocycles. The van der Waals surface area contributed by atoms with Gasteiger partial charge in [0.2, 0.25) is 0 Å². The normalized spacial score (nSPS) is 12.2. The monoisotopic (exact) mass is 433 g/mol. The van der Waals surface area contributed by atoms with Gasteiger partial charge >= 0.3 is 6.18 Å². The molecule has 0 saturated heterocycles. The number of benzene rings is 2. The molecule has 0 atom stereocenters. The van der Waals surface area contributed by atoms with E-state index in [1.54, 1.807) is 18.4 Å². The molecule has 0 aliphatic heterocycles. The van der Waals surface area contributed by atoms with Gasteiger partial charge in [-0.15, -0.1) is 11.3 Å². The first-order valence-corrected chi connectivity index (χ1v) is 10.1. The van der Waals surface area contributed by atoms with E-state index in [0.717, 1.165) is 22.6 Å². The molecule has 0 unspecified atom stereocenters. The summed E-state index contributed by atoms with van der Waals surface area (Å²) in [4.78, 5) is 5.61. The van der Waals surface area contributed by atoms with Crippen molar-refractivity contribution < 1.29 is 18.3 Å². The van der Waals surface area contributed by atoms with Crippen LogP contribution in [0.4, 0.5) is 13.2 Å². The molecule has 3 aromatic rings. The Morgan fingerprint density at radius 2 is 1.83 bits per heavy atom. The molecule has 0 fully saturated rings. The van der Waals surface area contributed by atoms with Gasteiger partial charge in [-0.2, -0.15) is 13.2 Å². The molecule has 0 spiro atoms. The van der Waals surface area contributed by atoms with Crippen LogP contribution in [0, 0.1) is 0 Å². The predicted octanol–water partition coefficient (Wildman–Crippen LogP) is 6.56. The average Bonchev–Trinajstić information content (AvgIpc) is 3.08. The van der Waals surface area contributed by atoms with Crippen LogP contribution in [-0.4, -0.2) is 22.2 Å². The third kappa shape index (κ3) is 5.31. The number of halogens is 3. The summed E-state index contributed by atoms with van der Waals surface area (Å²) in [5.74, 6) is -0.0652. The molecule has 1 heterocycles. The molecule has 2 nitrogen and oxygen atoms in total. The van der Waals surface area contributed by atoms with Gasteiger partial charge in [-0.25, -0.2) is 0 Å². The van der Waals surface area contributed by atoms with Crippen molar-refractivity contribution in [2.75, 3.05) is 6.54 Å². The first-order valence-electron chi connectivity index (χ1n) is 8.81. The fraction of sp³-hybridized carbons (Fsp3) is 0.182. The maximum absolute atomic E-state index is 13.0. The Morgan fingerprint density at radius 3 is 2.52 bits per heavy atom. The lowest BCUT2D eigenvalue weighted by Gasteiger charge is -2.08. The SMILES string of the molecule is CC(=NCC(=S)Cc1ccccc1)c1csc(-c2cccc(C(F)(F)F)c2)c1O. The van der Waals surface area contributed by atoms with Gasteiger partial charge in [-0.05, 0) is 30.2 Å². The number of thiophene rings is 1. The second kappa shape index (κ2) is 8.88. The molecule has 7 heteroatoms. The maximum Gasteiger partial charge on any atom is 0.416 e. The summed E-state index contributed by atoms with van der Waals surface area (Å²) in [6.07, 6.45) is -3.80. The highest BCUT2D eigenvalue weighted by Crippen LogP contribution is 2.40. The quantitative estimate of drug-likeness (QED) is 0.353. The second-order valence-electron chi connectivity index (χ2n) is 6.51. The van der Waals surface area contributed by atoms with Gasteiger partial charge in [0.1, 0.15) is 5.75 Å². The largest absolute Gasteiger partial charge is 0.506 e. The van der Waals surface area contributed by atoms with Crippen LogP contribution in [0.5, 0.6) is 5.75 Å². The Kier molecular flexibility index (Phi) is 6.49. The van der Waals surface area contributed by atoms with Crippen molar-refractivity contribution in [1.29, 1.82) is 0 Å². The first kappa shape index (κ1) is 21.2. The second-order valence-corrected chi connectivity index (χ2v) is 7.97. The highest BCUT2D eigenvalue weighted by Gasteiger charge is 2.30. The van der Waals surface area contributed by atoms with E-state index in [2.05, 4.69) is 4.99 Å². The summed E-state index contributed by atoms with van der Waals surface area (Å²) < 4.78 is 38.9. The Morgan fingerprint density at radius 1 is 1.10 bits per heavy atom. The average molecular weight is 434 g/mol. The summed E-state index contributed by atoms with van der Waals surface area (Å²) in [6.45, 7) is 2.09. The minimum atomic E-state index is -4.43. The lowest BCUT2D eigenvalue weighted by molar-refractivity contribution is -0.137. The van der Waals surface area contributed by atoms with E-state index < -0.39 is 11.7 Å². The van der Waals surface area contributed by atoms with Gasteiger partial charge in [0.15, 0.2) is 0 Å². The molecule has 1 aromatic heterocycles. The summed E-state index contributed by atoms with van der Waals surface area (Å²) in [6, 6.07) is 14.8. The van der Waals surface area contributed by atoms with E-state index in [0.29, 0.717) is 34.7 Å². The topological polar surface area (TPSA) is 32.6 Å². The summed E-state index contributed by atoms with van der Waals surface area (Å²) in [5.41, 5.74) is 1.77. The molecule has 0 aliphatic carbocycles. The molecule has 29 heavy (non-hydrogen) atoms. The minimum Gasteiger partial charge on any atom is -0.506 e. The maximum atomic E-state index is 13.0. The van der Waals surface area contributed by atoms with Crippen LogP contribution in [-0.2, 0) is 12.6 Å². The Hall–Kier alpha value is -2.51. The van der Waals surface area contributed by atoms with Gasteiger partial charge in [0.05, 0.1) is 17.0 Å². The molecule has 0 amide bonds. The number of thiocarbonyl (C=S) groups is 1. The zero-order valence-corrected chi connectivity index (χ0v) is 17.2. The summed E-state index contributed by atoms with van der Waals surface area (Å²) >= 11 is 6.58. The lowest BCUT2D eigenvalue weighted by atomic mass is 10.1. The number of aliphatic imine (C=N–C) groups is 1. The van der Waals surface area contributed by atoms with Crippen molar-refractivity contribution in [2.45, 2.75) is 19.5 Å². The third-order valence-electron chi connectivity index (χ3n) is 4.34. The van der Waals surface area contributed by atoms with Crippen LogP contribution < -0.4 is 0 Å². The zero-order chi connectivity index (χ0) is 21.0. The van der Waals surface area contributed by atoms with E-state index in [1.807, 2.05) is 30.3 Å². The molecule has 0 radical (unpaired) electrons. The number of hydrogen-bond donors (Lipinski definition) is 1. The van der Waals surface area contributed by atoms with Crippen molar-refractivity contribution in [3.05, 3.63) is 76.7 Å². The van der Waals surface area contributed by atoms with Crippen molar-refractivity contribution in [3.8, 4) is 16.2 Å². The van der Waals surface area contributed by atoms with E-state index in [9.17, 15) is 18.3 Å². The highest BCUT2D eigenvalue weighted by atomic mass is 32.1. The third-order valence-corrected chi connectivity index (χ3v) is 5.64. The van der Waals surface area contributed by atoms with Crippen molar-refractivity contribution >= 4 is 34.1 Å². The van der Waals surface area contributed by atoms with Crippen LogP contribution in [0.15, 0.2) is 65.0 Å². The number of hydrogen-bond acceptors (Lipinski definition) is 4. The molecule has 150 valence electrons. The first-order chi connectivity index (χ1) is 13.8. The van der Waals surface area contributed by atoms with Gasteiger partial charge in [0.25, 0.3) is 0 Å². The summed E-state index contributed by atoms with van der Waals surface area (Å²) in [5, 5.41) is 12.3. The fourth-order valence-corrected chi connectivity index (χ4v) is 4.06. The number of nitrogens with zero attached hydrogens (tertiary/aromatic N) is 1. The minimum absolute atomic E-state index is 0.0652. The van der Waals surface area contributed by atoms with Crippen LogP contribution in [0.3, 0.4) is 0 Å². The highest BCUT2D eigenvalue weighted by molar-refractivity contribution is 7.80. The molecular weight excluding hydrogens is 415 g/mol. The molecule has 0 bridgehead atoms. The number of rotatable bonds is 6. The van der Waals surface area contributed by atoms with Crippen LogP contribution in [0.2, 0.25) is 0 Å². The summed E-state index contributed by atoms with van der Waals surface area (Å²) in [7, 11) is 0. The Balaban J connectivity index is 1.76. The van der Waals surface area contributed by atoms with Gasteiger partial charge in [0, 0.05) is 27.9 Å². The molecule has 1 N–H and O–H groups in total. The smallest absolute Gasteiger partial charge is 0.416 e. The van der Waals surface area contributed by atoms with E-state index in [-0.39, 0.29) is 5.75 Å². The van der Waals surface area contributed by atoms with Crippen LogP contribution in [0.1, 0.15) is 23.6 Å². The molecule has 3 rings (SSSR count). The molecule has 0 aliphatic rings. The van der Waals surface area contributed by atoms with E-state index in [1.165, 1.54) is 17.4 Å². The van der Waals surface area contributed by atoms with Gasteiger partial charge in [-0.3, -0.25) is 4.99 Å². The van der Waals surface area contributed by atoms with E-state index in [4.69, 9.17) is 12.2 Å². The van der Waals surface area contributed by atoms with Gasteiger partial charge in [-0.1, -0.05) is 54.7 Å². The molecule has 0 saturated carbocycles. The molecular formula is C22H18F3NOS2. The zero-order valence-electron chi connectivity index (χ0n) is 15.5. The van der Waals surface area contributed by atoms with Crippen LogP contribution in [0.25, 0.3) is 10.4 Å². The van der Waals surface area contributed by atoms with Crippen molar-refractivity contribution in [1.82, 2.24) is 0 Å². The number of alkyl halides is 3. The Bertz CT molecular complexity index is 1040. The van der Waals surface area contributed by atoms with Crippen molar-refractivity contribution in [2.24, 2.45) is 4.99 Å². The van der Waals surface area contributed by atoms with Gasteiger partial charge < -0.3 is 5.11 Å². The van der Waals surface area contributed by atoms with E-state index >= 15 is 0 Å². The number of aromatic hydroxyl groups is 1. The Labute approximate surface area is 176 Å². The lowest BCUT2D eigenvalue weighted by Crippen LogP contribution is -2.06. The van der Waals surface area contributed by atoms with Crippen LogP contribution >= 0.6 is 23.6 Å². The predicted molar refractivity (Wildman–Crippen MR) is 116 cm³/mol. The standard InChI is InChI=1S/C22H18F3NOS2/c1-14(26-12-18(28)10-15-6-3-2-4-7-15)19-13-29-21(20(19)27)16-8-5-9-17(11-16)22(23,24)25/h2-9,11,13,27H,10,12H2,1H3.